The molecular weight excluding hydrogens is 314 g/mol. The molecule has 4 heteroatoms. The molecule has 1 aliphatic carbocycles. The summed E-state index contributed by atoms with van der Waals surface area (Å²) in [6, 6.07) is 3.96. The van der Waals surface area contributed by atoms with E-state index in [4.69, 9.17) is 9.47 Å². The van der Waals surface area contributed by atoms with Gasteiger partial charge < -0.3 is 14.8 Å². The molecule has 0 bridgehead atoms. The summed E-state index contributed by atoms with van der Waals surface area (Å²) in [6.07, 6.45) is 3.92. The summed E-state index contributed by atoms with van der Waals surface area (Å²) in [5.41, 5.74) is 2.19. The van der Waals surface area contributed by atoms with E-state index >= 15 is 0 Å². The van der Waals surface area contributed by atoms with E-state index in [1.165, 1.54) is 6.42 Å². The van der Waals surface area contributed by atoms with E-state index in [0.29, 0.717) is 12.5 Å². The molecule has 1 saturated carbocycles. The average Bonchev–Trinajstić information content (AvgIpc) is 2.51. The van der Waals surface area contributed by atoms with E-state index in [0.717, 1.165) is 41.8 Å². The van der Waals surface area contributed by atoms with Crippen LogP contribution in [0.25, 0.3) is 0 Å². The van der Waals surface area contributed by atoms with E-state index in [9.17, 15) is 4.79 Å². The van der Waals surface area contributed by atoms with Crippen LogP contribution in [0.1, 0.15) is 64.5 Å². The third-order valence-electron chi connectivity index (χ3n) is 4.86. The van der Waals surface area contributed by atoms with Crippen molar-refractivity contribution < 1.29 is 14.3 Å². The van der Waals surface area contributed by atoms with Crippen LogP contribution >= 0.6 is 0 Å². The van der Waals surface area contributed by atoms with Gasteiger partial charge in [0, 0.05) is 12.3 Å². The van der Waals surface area contributed by atoms with Crippen LogP contribution in [0, 0.1) is 19.8 Å². The molecule has 1 fully saturated rings. The highest BCUT2D eigenvalue weighted by atomic mass is 16.5. The second kappa shape index (κ2) is 8.22. The largest absolute Gasteiger partial charge is 0.490 e. The number of carbonyl (C=O) groups excluding carboxylic acids is 1. The Labute approximate surface area is 152 Å². The first-order valence-corrected chi connectivity index (χ1v) is 9.50. The van der Waals surface area contributed by atoms with Crippen LogP contribution in [0.2, 0.25) is 0 Å². The number of aryl methyl sites for hydroxylation is 2. The van der Waals surface area contributed by atoms with Gasteiger partial charge in [-0.15, -0.1) is 0 Å². The second-order valence-corrected chi connectivity index (χ2v) is 7.69. The molecule has 2 rings (SSSR count). The van der Waals surface area contributed by atoms with E-state index in [1.807, 2.05) is 46.8 Å². The van der Waals surface area contributed by atoms with Gasteiger partial charge in [-0.1, -0.05) is 13.3 Å². The van der Waals surface area contributed by atoms with Gasteiger partial charge in [-0.25, -0.2) is 0 Å². The summed E-state index contributed by atoms with van der Waals surface area (Å²) in [4.78, 5) is 13.0. The maximum absolute atomic E-state index is 13.0. The van der Waals surface area contributed by atoms with Crippen molar-refractivity contribution in [2.45, 2.75) is 78.9 Å². The monoisotopic (exact) mass is 347 g/mol. The fourth-order valence-corrected chi connectivity index (χ4v) is 3.87. The van der Waals surface area contributed by atoms with Gasteiger partial charge in [-0.05, 0) is 83.1 Å². The number of carbonyl (C=O) groups is 1. The summed E-state index contributed by atoms with van der Waals surface area (Å²) >= 11 is 0. The van der Waals surface area contributed by atoms with Crippen molar-refractivity contribution in [2.24, 2.45) is 5.92 Å². The van der Waals surface area contributed by atoms with E-state index < -0.39 is 5.60 Å². The SMILES string of the molecule is CCO[C@@]1(C(=O)Nc2cc(C)c(OC(C)C)c(C)c2)CCC[C@H](C)C1. The Kier molecular flexibility index (Phi) is 6.50. The Hall–Kier alpha value is -1.55. The molecule has 1 N–H and O–H groups in total. The standard InChI is InChI=1S/C21H33NO3/c1-7-24-21(10-8-9-15(4)13-21)20(23)22-18-11-16(5)19(17(6)12-18)25-14(2)3/h11-12,14-15H,7-10,13H2,1-6H3,(H,22,23)/t15-,21-/m0/s1. The molecule has 1 amide bonds. The average molecular weight is 347 g/mol. The number of ether oxygens (including phenoxy) is 2. The van der Waals surface area contributed by atoms with E-state index in [-0.39, 0.29) is 12.0 Å². The molecule has 0 saturated heterocycles. The Morgan fingerprint density at radius 3 is 2.48 bits per heavy atom. The molecule has 0 aromatic heterocycles. The van der Waals surface area contributed by atoms with Crippen LogP contribution < -0.4 is 10.1 Å². The van der Waals surface area contributed by atoms with Gasteiger partial charge in [-0.2, -0.15) is 0 Å². The van der Waals surface area contributed by atoms with Gasteiger partial charge in [0.05, 0.1) is 6.10 Å². The molecule has 0 spiro atoms. The van der Waals surface area contributed by atoms with Gasteiger partial charge in [-0.3, -0.25) is 4.79 Å². The number of rotatable bonds is 6. The van der Waals surface area contributed by atoms with Crippen LogP contribution in [0.3, 0.4) is 0 Å². The molecule has 1 aromatic carbocycles. The smallest absolute Gasteiger partial charge is 0.256 e. The topological polar surface area (TPSA) is 47.6 Å². The number of hydrogen-bond acceptors (Lipinski definition) is 3. The Morgan fingerprint density at radius 1 is 1.32 bits per heavy atom. The predicted molar refractivity (Wildman–Crippen MR) is 102 cm³/mol. The van der Waals surface area contributed by atoms with Gasteiger partial charge in [0.25, 0.3) is 5.91 Å². The fourth-order valence-electron chi connectivity index (χ4n) is 3.87. The van der Waals surface area contributed by atoms with Crippen molar-refractivity contribution >= 4 is 11.6 Å². The lowest BCUT2D eigenvalue weighted by Crippen LogP contribution is -2.48. The Balaban J connectivity index is 2.21. The molecule has 0 radical (unpaired) electrons. The van der Waals surface area contributed by atoms with Crippen molar-refractivity contribution in [1.82, 2.24) is 0 Å². The number of nitrogens with one attached hydrogen (secondary N) is 1. The Bertz CT molecular complexity index is 584. The maximum Gasteiger partial charge on any atom is 0.256 e. The molecular formula is C21H33NO3. The summed E-state index contributed by atoms with van der Waals surface area (Å²) < 4.78 is 11.9. The maximum atomic E-state index is 13.0. The van der Waals surface area contributed by atoms with Gasteiger partial charge in [0.15, 0.2) is 0 Å². The number of benzene rings is 1. The quantitative estimate of drug-likeness (QED) is 0.786. The first kappa shape index (κ1) is 19.8. The first-order chi connectivity index (χ1) is 11.8. The highest BCUT2D eigenvalue weighted by Gasteiger charge is 2.42. The van der Waals surface area contributed by atoms with E-state index in [2.05, 4.69) is 12.2 Å². The molecule has 0 heterocycles. The molecule has 0 unspecified atom stereocenters. The second-order valence-electron chi connectivity index (χ2n) is 7.69. The van der Waals surface area contributed by atoms with Crippen LogP contribution in [-0.4, -0.2) is 24.2 Å². The van der Waals surface area contributed by atoms with Crippen molar-refractivity contribution in [3.05, 3.63) is 23.3 Å². The highest BCUT2D eigenvalue weighted by Crippen LogP contribution is 2.37. The zero-order valence-electron chi connectivity index (χ0n) is 16.6. The lowest BCUT2D eigenvalue weighted by Gasteiger charge is -2.38. The lowest BCUT2D eigenvalue weighted by atomic mass is 9.78. The minimum absolute atomic E-state index is 0.0165. The van der Waals surface area contributed by atoms with Crippen molar-refractivity contribution in [2.75, 3.05) is 11.9 Å². The Morgan fingerprint density at radius 2 is 1.96 bits per heavy atom. The normalized spacial score (nSPS) is 23.6. The lowest BCUT2D eigenvalue weighted by molar-refractivity contribution is -0.147. The minimum Gasteiger partial charge on any atom is -0.490 e. The van der Waals surface area contributed by atoms with E-state index in [1.54, 1.807) is 0 Å². The zero-order valence-corrected chi connectivity index (χ0v) is 16.6. The van der Waals surface area contributed by atoms with Gasteiger partial charge >= 0.3 is 0 Å². The summed E-state index contributed by atoms with van der Waals surface area (Å²) in [5, 5.41) is 3.10. The minimum atomic E-state index is -0.693. The summed E-state index contributed by atoms with van der Waals surface area (Å²) in [7, 11) is 0. The van der Waals surface area contributed by atoms with Crippen molar-refractivity contribution in [3.8, 4) is 5.75 Å². The predicted octanol–water partition coefficient (Wildman–Crippen LogP) is 5.01. The molecule has 4 nitrogen and oxygen atoms in total. The van der Waals surface area contributed by atoms with Crippen LogP contribution in [0.4, 0.5) is 5.69 Å². The fraction of sp³-hybridized carbons (Fsp3) is 0.667. The summed E-state index contributed by atoms with van der Waals surface area (Å²) in [5.74, 6) is 1.40. The third kappa shape index (κ3) is 4.75. The molecule has 2 atom stereocenters. The van der Waals surface area contributed by atoms with Crippen molar-refractivity contribution in [3.63, 3.8) is 0 Å². The molecule has 0 aliphatic heterocycles. The first-order valence-electron chi connectivity index (χ1n) is 9.50. The molecule has 140 valence electrons. The third-order valence-corrected chi connectivity index (χ3v) is 4.86. The number of hydrogen-bond donors (Lipinski definition) is 1. The van der Waals surface area contributed by atoms with Gasteiger partial charge in [0.2, 0.25) is 0 Å². The molecule has 1 aliphatic rings. The number of amides is 1. The van der Waals surface area contributed by atoms with Crippen LogP contribution in [0.15, 0.2) is 12.1 Å². The van der Waals surface area contributed by atoms with Gasteiger partial charge in [0.1, 0.15) is 11.4 Å². The van der Waals surface area contributed by atoms with Crippen LogP contribution in [0.5, 0.6) is 5.75 Å². The van der Waals surface area contributed by atoms with Crippen molar-refractivity contribution in [1.29, 1.82) is 0 Å². The summed E-state index contributed by atoms with van der Waals surface area (Å²) in [6.45, 7) is 12.8. The molecule has 25 heavy (non-hydrogen) atoms. The zero-order chi connectivity index (χ0) is 18.6. The molecule has 1 aromatic rings. The number of anilines is 1. The highest BCUT2D eigenvalue weighted by molar-refractivity contribution is 5.97. The van der Waals surface area contributed by atoms with Crippen LogP contribution in [-0.2, 0) is 9.53 Å².